The van der Waals surface area contributed by atoms with Crippen molar-refractivity contribution in [3.63, 3.8) is 0 Å². The molecule has 334 valence electrons. The first kappa shape index (κ1) is 45.4. The molecule has 5 aromatic rings. The molecule has 2 aliphatic rings. The van der Waals surface area contributed by atoms with Crippen LogP contribution in [-0.4, -0.2) is 87.1 Å². The predicted octanol–water partition coefficient (Wildman–Crippen LogP) is 9.08. The van der Waals surface area contributed by atoms with Gasteiger partial charge in [-0.15, -0.1) is 0 Å². The topological polar surface area (TPSA) is 165 Å². The quantitative estimate of drug-likeness (QED) is 0.0488. The number of methoxy groups -OCH3 is 4. The molecular weight excluding hydrogens is 817 g/mol. The third-order valence-corrected chi connectivity index (χ3v) is 10.7. The van der Waals surface area contributed by atoms with Crippen LogP contribution in [0.1, 0.15) is 82.3 Å². The Labute approximate surface area is 372 Å². The number of rotatable bonds is 18. The lowest BCUT2D eigenvalue weighted by Crippen LogP contribution is -2.15. The fourth-order valence-corrected chi connectivity index (χ4v) is 7.55. The summed E-state index contributed by atoms with van der Waals surface area (Å²) >= 11 is 0. The molecule has 7 rings (SSSR count). The normalized spacial score (nSPS) is 14.2. The first-order chi connectivity index (χ1) is 30.7. The molecule has 3 aromatic heterocycles. The summed E-state index contributed by atoms with van der Waals surface area (Å²) < 4.78 is 43.0. The Morgan fingerprint density at radius 3 is 1.19 bits per heavy atom. The number of carbonyl (C=O) groups is 2. The molecule has 2 aliphatic heterocycles. The Balaban J connectivity index is 1.31. The molecule has 5 heterocycles. The van der Waals surface area contributed by atoms with Crippen molar-refractivity contribution < 1.29 is 47.5 Å². The maximum atomic E-state index is 14.1. The zero-order valence-corrected chi connectivity index (χ0v) is 37.5. The molecule has 14 heteroatoms. The van der Waals surface area contributed by atoms with E-state index in [9.17, 15) is 9.59 Å². The van der Waals surface area contributed by atoms with Crippen LogP contribution in [0.5, 0.6) is 23.0 Å². The van der Waals surface area contributed by atoms with Gasteiger partial charge < -0.3 is 47.9 Å². The largest absolute Gasteiger partial charge is 0.467 e. The third kappa shape index (κ3) is 11.1. The zero-order chi connectivity index (χ0) is 45.4. The molecular formula is C50H54N4O10. The number of hydrogen-bond acceptors (Lipinski definition) is 12. The maximum absolute atomic E-state index is 14.1. The van der Waals surface area contributed by atoms with Gasteiger partial charge in [0.05, 0.1) is 11.0 Å². The Morgan fingerprint density at radius 1 is 0.516 bits per heavy atom. The van der Waals surface area contributed by atoms with Gasteiger partial charge in [0.2, 0.25) is 0 Å². The number of aromatic nitrogens is 4. The van der Waals surface area contributed by atoms with Gasteiger partial charge in [0.1, 0.15) is 23.0 Å². The minimum absolute atomic E-state index is 0.0516. The summed E-state index contributed by atoms with van der Waals surface area (Å²) in [6.07, 6.45) is 7.75. The minimum Gasteiger partial charge on any atom is -0.467 e. The number of benzene rings is 2. The third-order valence-electron chi connectivity index (χ3n) is 10.7. The number of H-pyrrole nitrogens is 2. The number of ketones is 2. The molecule has 0 fully saturated rings. The van der Waals surface area contributed by atoms with E-state index in [0.29, 0.717) is 69.1 Å². The highest BCUT2D eigenvalue weighted by molar-refractivity contribution is 6.13. The number of nitrogens with zero attached hydrogens (tertiary/aromatic N) is 2. The molecule has 0 aliphatic carbocycles. The van der Waals surface area contributed by atoms with E-state index in [1.165, 1.54) is 12.2 Å². The van der Waals surface area contributed by atoms with Crippen LogP contribution in [0, 0.1) is 0 Å². The van der Waals surface area contributed by atoms with Gasteiger partial charge in [-0.25, -0.2) is 0 Å². The lowest BCUT2D eigenvalue weighted by Gasteiger charge is -2.15. The highest BCUT2D eigenvalue weighted by Crippen LogP contribution is 2.34. The Morgan fingerprint density at radius 2 is 0.859 bits per heavy atom. The second kappa shape index (κ2) is 19.9. The van der Waals surface area contributed by atoms with Gasteiger partial charge in [-0.3, -0.25) is 19.6 Å². The van der Waals surface area contributed by atoms with Crippen molar-refractivity contribution in [2.24, 2.45) is 0 Å². The van der Waals surface area contributed by atoms with Gasteiger partial charge in [0, 0.05) is 109 Å². The van der Waals surface area contributed by atoms with Crippen molar-refractivity contribution in [1.82, 2.24) is 19.9 Å². The van der Waals surface area contributed by atoms with Gasteiger partial charge in [0.15, 0.2) is 38.7 Å². The smallest absolute Gasteiger partial charge is 0.188 e. The lowest BCUT2D eigenvalue weighted by molar-refractivity contribution is 0.0457. The average Bonchev–Trinajstić information content (AvgIpc) is 4.00. The number of carbonyl (C=O) groups excluding carboxylic acids is 2. The van der Waals surface area contributed by atoms with E-state index >= 15 is 0 Å². The fourth-order valence-electron chi connectivity index (χ4n) is 7.55. The average molecular weight is 871 g/mol. The zero-order valence-electron chi connectivity index (χ0n) is 37.5. The number of ether oxygens (including phenoxy) is 8. The number of aromatic amines is 2. The van der Waals surface area contributed by atoms with Crippen molar-refractivity contribution >= 4 is 45.8 Å². The molecule has 0 amide bonds. The minimum atomic E-state index is -0.357. The van der Waals surface area contributed by atoms with Crippen LogP contribution in [0.25, 0.3) is 34.2 Å². The lowest BCUT2D eigenvalue weighted by atomic mass is 9.87. The molecule has 0 saturated carbocycles. The number of hydrogen-bond donors (Lipinski definition) is 2. The number of fused-ring (bicyclic) bond motifs is 8. The van der Waals surface area contributed by atoms with Crippen LogP contribution in [0.3, 0.4) is 0 Å². The van der Waals surface area contributed by atoms with E-state index < -0.39 is 0 Å². The van der Waals surface area contributed by atoms with E-state index in [4.69, 9.17) is 47.9 Å². The van der Waals surface area contributed by atoms with E-state index in [1.807, 2.05) is 36.4 Å². The molecule has 2 aromatic carbocycles. The molecule has 0 radical (unpaired) electrons. The standard InChI is InChI=1S/C50H54N4O10/c1-49(2)25-35-19-43-42(46(56)12-10-32-15-39(63-29-59-7)24-40(16-32)64-30-60-8)18-34(52-43)22-48-50(3,4)26-36(54-48)20-44-41(17-33(51-44)21-47(49)53-35)45(55)11-9-31-13-37(61-27-57-5)23-38(14-31)62-28-58-6/h9-24,51-52H,25-30H2,1-8H3/b11-9+,12-10+,33-21?,34-22?,35-19?,36-20?,43-19?,44-20?,47-21?,48-22?. The first-order valence-corrected chi connectivity index (χ1v) is 20.7. The van der Waals surface area contributed by atoms with Crippen LogP contribution in [-0.2, 0) is 42.6 Å². The van der Waals surface area contributed by atoms with Gasteiger partial charge in [0.25, 0.3) is 0 Å². The highest BCUT2D eigenvalue weighted by Gasteiger charge is 2.30. The highest BCUT2D eigenvalue weighted by atomic mass is 16.7. The molecule has 0 spiro atoms. The van der Waals surface area contributed by atoms with Gasteiger partial charge >= 0.3 is 0 Å². The predicted molar refractivity (Wildman–Crippen MR) is 244 cm³/mol. The summed E-state index contributed by atoms with van der Waals surface area (Å²) in [5.41, 5.74) is 7.60. The van der Waals surface area contributed by atoms with Crippen LogP contribution in [0.2, 0.25) is 0 Å². The first-order valence-electron chi connectivity index (χ1n) is 20.7. The second-order valence-electron chi connectivity index (χ2n) is 16.9. The van der Waals surface area contributed by atoms with Crippen molar-refractivity contribution in [3.05, 3.63) is 130 Å². The van der Waals surface area contributed by atoms with Crippen molar-refractivity contribution in [2.45, 2.75) is 51.4 Å². The number of allylic oxidation sites excluding steroid dienone is 2. The maximum Gasteiger partial charge on any atom is 0.188 e. The van der Waals surface area contributed by atoms with Crippen molar-refractivity contribution in [2.75, 3.05) is 55.6 Å². The fraction of sp³-hybridized carbons (Fsp3) is 0.320. The summed E-state index contributed by atoms with van der Waals surface area (Å²) in [7, 11) is 6.17. The summed E-state index contributed by atoms with van der Waals surface area (Å²) in [4.78, 5) is 45.4. The van der Waals surface area contributed by atoms with Gasteiger partial charge in [-0.05, 0) is 83.9 Å². The van der Waals surface area contributed by atoms with Gasteiger partial charge in [-0.1, -0.05) is 39.8 Å². The molecule has 0 atom stereocenters. The second-order valence-corrected chi connectivity index (χ2v) is 16.9. The summed E-state index contributed by atoms with van der Waals surface area (Å²) in [5.74, 6) is 1.65. The van der Waals surface area contributed by atoms with Crippen molar-refractivity contribution in [3.8, 4) is 23.0 Å². The van der Waals surface area contributed by atoms with E-state index in [-0.39, 0.29) is 49.6 Å². The summed E-state index contributed by atoms with van der Waals surface area (Å²) in [6.45, 7) is 8.71. The molecule has 2 N–H and O–H groups in total. The van der Waals surface area contributed by atoms with E-state index in [1.54, 1.807) is 77.0 Å². The molecule has 64 heavy (non-hydrogen) atoms. The Hall–Kier alpha value is -6.58. The Kier molecular flexibility index (Phi) is 14.1. The molecule has 8 bridgehead atoms. The van der Waals surface area contributed by atoms with Crippen LogP contribution in [0.15, 0.2) is 84.9 Å². The van der Waals surface area contributed by atoms with Crippen molar-refractivity contribution in [1.29, 1.82) is 0 Å². The summed E-state index contributed by atoms with van der Waals surface area (Å²) in [6, 6.07) is 22.2. The van der Waals surface area contributed by atoms with Gasteiger partial charge in [-0.2, -0.15) is 0 Å². The monoisotopic (exact) mass is 870 g/mol. The Bertz CT molecular complexity index is 2510. The summed E-state index contributed by atoms with van der Waals surface area (Å²) in [5, 5.41) is 0. The van der Waals surface area contributed by atoms with E-state index in [2.05, 4.69) is 37.7 Å². The number of nitrogens with one attached hydrogen (secondary N) is 2. The molecule has 0 unspecified atom stereocenters. The molecule has 0 saturated heterocycles. The van der Waals surface area contributed by atoms with Crippen LogP contribution < -0.4 is 18.9 Å². The van der Waals surface area contributed by atoms with Crippen LogP contribution >= 0.6 is 0 Å². The molecule has 14 nitrogen and oxygen atoms in total. The van der Waals surface area contributed by atoms with E-state index in [0.717, 1.165) is 33.8 Å². The SMILES string of the molecule is COCOc1cc(/C=C/C(=O)c2cc3cc4nc(cc5[nH]c(cc6nc(cc2[nH]3)CC6(C)C)cc5C(=O)/C=C/c2cc(OCOC)cc(OCOC)c2)CC4(C)C)cc(OCOC)c1. The van der Waals surface area contributed by atoms with Crippen LogP contribution in [0.4, 0.5) is 0 Å².